The molecule has 4 aromatic rings. The number of hydrogen-bond donors (Lipinski definition) is 2. The normalized spacial score (nSPS) is 12.6. The summed E-state index contributed by atoms with van der Waals surface area (Å²) < 4.78 is 4.31. The Balaban J connectivity index is 1.65. The van der Waals surface area contributed by atoms with Gasteiger partial charge in [-0.25, -0.2) is 0 Å². The van der Waals surface area contributed by atoms with E-state index in [1.54, 1.807) is 0 Å². The Hall–Kier alpha value is -1.82. The number of hydrogen-bond acceptors (Lipinski definition) is 2. The minimum Gasteiger partial charge on any atom is -0.389 e. The summed E-state index contributed by atoms with van der Waals surface area (Å²) >= 11 is 7.15. The van der Waals surface area contributed by atoms with E-state index in [0.29, 0.717) is 13.1 Å². The van der Waals surface area contributed by atoms with Crippen LogP contribution in [0.2, 0.25) is 0 Å². The van der Waals surface area contributed by atoms with Crippen LogP contribution >= 0.6 is 31.9 Å². The predicted octanol–water partition coefficient (Wildman–Crippen LogP) is 6.10. The van der Waals surface area contributed by atoms with Crippen LogP contribution in [-0.4, -0.2) is 22.3 Å². The van der Waals surface area contributed by atoms with E-state index >= 15 is 0 Å². The molecule has 0 bridgehead atoms. The van der Waals surface area contributed by atoms with E-state index in [1.165, 1.54) is 16.3 Å². The number of fused-ring (bicyclic) bond motifs is 3. The number of benzene rings is 3. The van der Waals surface area contributed by atoms with Gasteiger partial charge in [0, 0.05) is 43.0 Å². The van der Waals surface area contributed by atoms with E-state index < -0.39 is 6.10 Å². The molecule has 0 aliphatic carbocycles. The third-order valence-electron chi connectivity index (χ3n) is 4.86. The van der Waals surface area contributed by atoms with Gasteiger partial charge in [-0.1, -0.05) is 50.1 Å². The molecule has 1 unspecified atom stereocenters. The minimum absolute atomic E-state index is 0.499. The van der Waals surface area contributed by atoms with Crippen LogP contribution in [0.1, 0.15) is 5.56 Å². The average Bonchev–Trinajstić information content (AvgIpc) is 2.93. The van der Waals surface area contributed by atoms with Crippen molar-refractivity contribution in [2.45, 2.75) is 19.6 Å². The van der Waals surface area contributed by atoms with Crippen LogP contribution in [0.15, 0.2) is 69.6 Å². The first-order valence-electron chi connectivity index (χ1n) is 8.87. The highest BCUT2D eigenvalue weighted by Crippen LogP contribution is 2.33. The van der Waals surface area contributed by atoms with E-state index in [9.17, 15) is 5.11 Å². The summed E-state index contributed by atoms with van der Waals surface area (Å²) in [5.74, 6) is 0. The van der Waals surface area contributed by atoms with Crippen molar-refractivity contribution in [2.75, 3.05) is 11.9 Å². The Bertz CT molecular complexity index is 1060. The molecule has 1 heterocycles. The molecule has 4 rings (SSSR count). The van der Waals surface area contributed by atoms with Gasteiger partial charge in [-0.15, -0.1) is 0 Å². The number of aliphatic hydroxyl groups is 1. The number of aryl methyl sites for hydroxylation is 1. The topological polar surface area (TPSA) is 37.2 Å². The lowest BCUT2D eigenvalue weighted by Crippen LogP contribution is -2.25. The van der Waals surface area contributed by atoms with Crippen molar-refractivity contribution in [3.8, 4) is 0 Å². The summed E-state index contributed by atoms with van der Waals surface area (Å²) in [6, 6.07) is 20.7. The van der Waals surface area contributed by atoms with Gasteiger partial charge in [-0.05, 0) is 55.0 Å². The van der Waals surface area contributed by atoms with Crippen molar-refractivity contribution in [1.82, 2.24) is 4.57 Å². The van der Waals surface area contributed by atoms with Crippen LogP contribution in [0.3, 0.4) is 0 Å². The molecule has 0 saturated heterocycles. The van der Waals surface area contributed by atoms with Gasteiger partial charge in [-0.2, -0.15) is 0 Å². The third kappa shape index (κ3) is 3.77. The molecule has 0 spiro atoms. The second-order valence-corrected chi connectivity index (χ2v) is 8.61. The van der Waals surface area contributed by atoms with Crippen molar-refractivity contribution in [1.29, 1.82) is 0 Å². The monoisotopic (exact) mass is 486 g/mol. The minimum atomic E-state index is -0.504. The van der Waals surface area contributed by atoms with Gasteiger partial charge >= 0.3 is 0 Å². The molecule has 3 aromatic carbocycles. The molecule has 0 aliphatic heterocycles. The van der Waals surface area contributed by atoms with Crippen molar-refractivity contribution in [3.63, 3.8) is 0 Å². The molecular formula is C22H20Br2N2O. The smallest absolute Gasteiger partial charge is 0.0891 e. The van der Waals surface area contributed by atoms with E-state index in [-0.39, 0.29) is 0 Å². The van der Waals surface area contributed by atoms with Gasteiger partial charge in [0.25, 0.3) is 0 Å². The van der Waals surface area contributed by atoms with Crippen molar-refractivity contribution < 1.29 is 5.11 Å². The number of anilines is 1. The van der Waals surface area contributed by atoms with Crippen LogP contribution in [0, 0.1) is 6.92 Å². The Labute approximate surface area is 175 Å². The maximum atomic E-state index is 10.7. The average molecular weight is 488 g/mol. The van der Waals surface area contributed by atoms with Crippen molar-refractivity contribution >= 4 is 59.4 Å². The Kier molecular flexibility index (Phi) is 5.26. The first-order chi connectivity index (χ1) is 13.0. The number of nitrogens with zero attached hydrogens (tertiary/aromatic N) is 1. The maximum Gasteiger partial charge on any atom is 0.0891 e. The zero-order chi connectivity index (χ0) is 19.0. The van der Waals surface area contributed by atoms with Crippen LogP contribution in [0.4, 0.5) is 5.69 Å². The highest BCUT2D eigenvalue weighted by molar-refractivity contribution is 9.10. The largest absolute Gasteiger partial charge is 0.389 e. The second-order valence-electron chi connectivity index (χ2n) is 6.78. The Morgan fingerprint density at radius 3 is 2.11 bits per heavy atom. The molecule has 0 radical (unpaired) electrons. The number of aromatic nitrogens is 1. The van der Waals surface area contributed by atoms with Crippen LogP contribution in [0.5, 0.6) is 0 Å². The molecule has 0 fully saturated rings. The van der Waals surface area contributed by atoms with Crippen molar-refractivity contribution in [3.05, 3.63) is 75.2 Å². The third-order valence-corrected chi connectivity index (χ3v) is 5.84. The zero-order valence-electron chi connectivity index (χ0n) is 14.9. The van der Waals surface area contributed by atoms with Gasteiger partial charge in [0.05, 0.1) is 12.6 Å². The standard InChI is InChI=1S/C22H20Br2N2O/c1-14-4-2-3-5-20(14)25-12-17(27)13-26-21-8-6-15(23)10-18(21)19-11-16(24)7-9-22(19)26/h2-11,17,25,27H,12-13H2,1H3. The summed E-state index contributed by atoms with van der Waals surface area (Å²) in [6.07, 6.45) is -0.504. The first-order valence-corrected chi connectivity index (χ1v) is 10.5. The summed E-state index contributed by atoms with van der Waals surface area (Å²) in [7, 11) is 0. The van der Waals surface area contributed by atoms with Crippen molar-refractivity contribution in [2.24, 2.45) is 0 Å². The lowest BCUT2D eigenvalue weighted by Gasteiger charge is -2.16. The molecule has 138 valence electrons. The van der Waals surface area contributed by atoms with E-state index in [4.69, 9.17) is 0 Å². The lowest BCUT2D eigenvalue weighted by molar-refractivity contribution is 0.169. The highest BCUT2D eigenvalue weighted by Gasteiger charge is 2.14. The van der Waals surface area contributed by atoms with Gasteiger partial charge in [-0.3, -0.25) is 0 Å². The molecule has 3 nitrogen and oxygen atoms in total. The SMILES string of the molecule is Cc1ccccc1NCC(O)Cn1c2ccc(Br)cc2c2cc(Br)ccc21. The molecule has 0 saturated carbocycles. The van der Waals surface area contributed by atoms with Gasteiger partial charge in [0.1, 0.15) is 0 Å². The molecule has 5 heteroatoms. The molecule has 1 atom stereocenters. The molecular weight excluding hydrogens is 468 g/mol. The number of halogens is 2. The number of para-hydroxylation sites is 1. The Morgan fingerprint density at radius 1 is 0.926 bits per heavy atom. The molecule has 0 aliphatic rings. The second kappa shape index (κ2) is 7.66. The van der Waals surface area contributed by atoms with Crippen LogP contribution in [-0.2, 0) is 6.54 Å². The summed E-state index contributed by atoms with van der Waals surface area (Å²) in [5.41, 5.74) is 4.49. The summed E-state index contributed by atoms with van der Waals surface area (Å²) in [5, 5.41) is 16.4. The molecule has 1 aromatic heterocycles. The fourth-order valence-electron chi connectivity index (χ4n) is 3.52. The Morgan fingerprint density at radius 2 is 1.52 bits per heavy atom. The van der Waals surface area contributed by atoms with Gasteiger partial charge < -0.3 is 15.0 Å². The molecule has 0 amide bonds. The van der Waals surface area contributed by atoms with Crippen LogP contribution < -0.4 is 5.32 Å². The van der Waals surface area contributed by atoms with E-state index in [2.05, 4.69) is 79.0 Å². The fourth-order valence-corrected chi connectivity index (χ4v) is 4.24. The van der Waals surface area contributed by atoms with E-state index in [0.717, 1.165) is 25.7 Å². The molecule has 27 heavy (non-hydrogen) atoms. The number of rotatable bonds is 5. The van der Waals surface area contributed by atoms with E-state index in [1.807, 2.05) is 30.3 Å². The first kappa shape index (κ1) is 18.5. The highest BCUT2D eigenvalue weighted by atomic mass is 79.9. The quantitative estimate of drug-likeness (QED) is 0.356. The zero-order valence-corrected chi connectivity index (χ0v) is 18.1. The lowest BCUT2D eigenvalue weighted by atomic mass is 10.2. The molecule has 2 N–H and O–H groups in total. The number of aliphatic hydroxyl groups excluding tert-OH is 1. The maximum absolute atomic E-state index is 10.7. The summed E-state index contributed by atoms with van der Waals surface area (Å²) in [4.78, 5) is 0. The van der Waals surface area contributed by atoms with Gasteiger partial charge in [0.15, 0.2) is 0 Å². The number of nitrogens with one attached hydrogen (secondary N) is 1. The fraction of sp³-hybridized carbons (Fsp3) is 0.182. The van der Waals surface area contributed by atoms with Gasteiger partial charge in [0.2, 0.25) is 0 Å². The van der Waals surface area contributed by atoms with Crippen LogP contribution in [0.25, 0.3) is 21.8 Å². The summed E-state index contributed by atoms with van der Waals surface area (Å²) in [6.45, 7) is 3.10. The predicted molar refractivity (Wildman–Crippen MR) is 121 cm³/mol.